The van der Waals surface area contributed by atoms with Crippen LogP contribution in [-0.4, -0.2) is 12.0 Å². The first kappa shape index (κ1) is 13.9. The molecule has 1 aromatic carbocycles. The maximum absolute atomic E-state index is 11.9. The fourth-order valence-corrected chi connectivity index (χ4v) is 2.48. The number of rotatable bonds is 5. The van der Waals surface area contributed by atoms with Crippen molar-refractivity contribution in [1.82, 2.24) is 5.32 Å². The third kappa shape index (κ3) is 4.27. The highest BCUT2D eigenvalue weighted by Gasteiger charge is 2.21. The number of ether oxygens (including phenoxy) is 1. The molecule has 1 amide bonds. The molecule has 1 fully saturated rings. The van der Waals surface area contributed by atoms with Gasteiger partial charge in [0.2, 0.25) is 5.91 Å². The zero-order valence-corrected chi connectivity index (χ0v) is 11.8. The van der Waals surface area contributed by atoms with Crippen molar-refractivity contribution in [3.05, 3.63) is 29.8 Å². The van der Waals surface area contributed by atoms with E-state index in [0.717, 1.165) is 24.2 Å². The molecule has 3 nitrogen and oxygen atoms in total. The molecule has 0 saturated heterocycles. The lowest BCUT2D eigenvalue weighted by Crippen LogP contribution is -2.28. The second-order valence-electron chi connectivity index (χ2n) is 5.51. The molecule has 0 unspecified atom stereocenters. The molecule has 19 heavy (non-hydrogen) atoms. The highest BCUT2D eigenvalue weighted by Crippen LogP contribution is 2.24. The third-order valence-corrected chi connectivity index (χ3v) is 3.49. The minimum absolute atomic E-state index is 0.188. The van der Waals surface area contributed by atoms with E-state index in [4.69, 9.17) is 4.74 Å². The Labute approximate surface area is 115 Å². The Bertz CT molecular complexity index is 405. The van der Waals surface area contributed by atoms with Gasteiger partial charge in [-0.1, -0.05) is 25.0 Å². The standard InChI is InChI=1S/C16H23NO2/c1-12(2)19-15-9-7-13(8-10-15)11-17-16(18)14-5-3-4-6-14/h7-10,12,14H,3-6,11H2,1-2H3,(H,17,18). The first-order valence-electron chi connectivity index (χ1n) is 7.18. The molecule has 3 heteroatoms. The summed E-state index contributed by atoms with van der Waals surface area (Å²) >= 11 is 0. The van der Waals surface area contributed by atoms with Crippen LogP contribution in [0.5, 0.6) is 5.75 Å². The Morgan fingerprint density at radius 1 is 1.26 bits per heavy atom. The summed E-state index contributed by atoms with van der Waals surface area (Å²) in [4.78, 5) is 11.9. The Kier molecular flexibility index (Phi) is 4.83. The normalized spacial score (nSPS) is 15.7. The molecular formula is C16H23NO2. The Morgan fingerprint density at radius 3 is 2.47 bits per heavy atom. The zero-order valence-electron chi connectivity index (χ0n) is 11.8. The van der Waals surface area contributed by atoms with Crippen molar-refractivity contribution >= 4 is 5.91 Å². The largest absolute Gasteiger partial charge is 0.491 e. The van der Waals surface area contributed by atoms with E-state index in [1.807, 2.05) is 38.1 Å². The second-order valence-corrected chi connectivity index (χ2v) is 5.51. The Balaban J connectivity index is 1.80. The van der Waals surface area contributed by atoms with Gasteiger partial charge in [-0.2, -0.15) is 0 Å². The summed E-state index contributed by atoms with van der Waals surface area (Å²) in [5.41, 5.74) is 1.11. The fraction of sp³-hybridized carbons (Fsp3) is 0.562. The number of carbonyl (C=O) groups is 1. The topological polar surface area (TPSA) is 38.3 Å². The van der Waals surface area contributed by atoms with Crippen molar-refractivity contribution in [3.8, 4) is 5.75 Å². The lowest BCUT2D eigenvalue weighted by Gasteiger charge is -2.12. The van der Waals surface area contributed by atoms with Crippen LogP contribution in [0.3, 0.4) is 0 Å². The van der Waals surface area contributed by atoms with E-state index in [9.17, 15) is 4.79 Å². The SMILES string of the molecule is CC(C)Oc1ccc(CNC(=O)C2CCCC2)cc1. The van der Waals surface area contributed by atoms with Gasteiger partial charge in [-0.25, -0.2) is 0 Å². The molecule has 0 spiro atoms. The van der Waals surface area contributed by atoms with E-state index in [2.05, 4.69) is 5.32 Å². The molecule has 0 bridgehead atoms. The van der Waals surface area contributed by atoms with Crippen LogP contribution in [0.15, 0.2) is 24.3 Å². The smallest absolute Gasteiger partial charge is 0.223 e. The second kappa shape index (κ2) is 6.60. The van der Waals surface area contributed by atoms with Crippen LogP contribution >= 0.6 is 0 Å². The molecule has 2 rings (SSSR count). The summed E-state index contributed by atoms with van der Waals surface area (Å²) in [5, 5.41) is 3.02. The summed E-state index contributed by atoms with van der Waals surface area (Å²) in [6, 6.07) is 7.92. The molecule has 0 aliphatic heterocycles. The van der Waals surface area contributed by atoms with Gasteiger partial charge >= 0.3 is 0 Å². The first-order chi connectivity index (χ1) is 9.15. The molecular weight excluding hydrogens is 238 g/mol. The van der Waals surface area contributed by atoms with Crippen LogP contribution in [0, 0.1) is 5.92 Å². The van der Waals surface area contributed by atoms with Crippen molar-refractivity contribution in [2.45, 2.75) is 52.2 Å². The van der Waals surface area contributed by atoms with E-state index >= 15 is 0 Å². The summed E-state index contributed by atoms with van der Waals surface area (Å²) in [6.45, 7) is 4.63. The molecule has 1 aliphatic carbocycles. The van der Waals surface area contributed by atoms with Crippen molar-refractivity contribution in [2.24, 2.45) is 5.92 Å². The average molecular weight is 261 g/mol. The van der Waals surface area contributed by atoms with E-state index < -0.39 is 0 Å². The quantitative estimate of drug-likeness (QED) is 0.883. The van der Waals surface area contributed by atoms with Gasteiger partial charge in [0.1, 0.15) is 5.75 Å². The van der Waals surface area contributed by atoms with Crippen molar-refractivity contribution < 1.29 is 9.53 Å². The summed E-state index contributed by atoms with van der Waals surface area (Å²) < 4.78 is 5.59. The number of hydrogen-bond acceptors (Lipinski definition) is 2. The number of amides is 1. The lowest BCUT2D eigenvalue weighted by atomic mass is 10.1. The van der Waals surface area contributed by atoms with Crippen molar-refractivity contribution in [1.29, 1.82) is 0 Å². The van der Waals surface area contributed by atoms with E-state index in [1.165, 1.54) is 12.8 Å². The fourth-order valence-electron chi connectivity index (χ4n) is 2.48. The molecule has 0 heterocycles. The van der Waals surface area contributed by atoms with Crippen LogP contribution in [0.25, 0.3) is 0 Å². The van der Waals surface area contributed by atoms with Crippen LogP contribution in [0.4, 0.5) is 0 Å². The molecule has 0 atom stereocenters. The summed E-state index contributed by atoms with van der Waals surface area (Å²) in [5.74, 6) is 1.32. The predicted octanol–water partition coefficient (Wildman–Crippen LogP) is 3.28. The average Bonchev–Trinajstić information content (AvgIpc) is 2.91. The Hall–Kier alpha value is -1.51. The predicted molar refractivity (Wildman–Crippen MR) is 76.0 cm³/mol. The van der Waals surface area contributed by atoms with Gasteiger partial charge < -0.3 is 10.1 Å². The molecule has 1 N–H and O–H groups in total. The molecule has 0 aromatic heterocycles. The minimum atomic E-state index is 0.188. The number of benzene rings is 1. The molecule has 1 aromatic rings. The molecule has 1 saturated carbocycles. The van der Waals surface area contributed by atoms with Gasteiger partial charge in [0.15, 0.2) is 0 Å². The van der Waals surface area contributed by atoms with Crippen LogP contribution < -0.4 is 10.1 Å². The van der Waals surface area contributed by atoms with Crippen LogP contribution in [0.1, 0.15) is 45.1 Å². The molecule has 0 radical (unpaired) electrons. The third-order valence-electron chi connectivity index (χ3n) is 3.49. The first-order valence-corrected chi connectivity index (χ1v) is 7.18. The Morgan fingerprint density at radius 2 is 1.89 bits per heavy atom. The maximum Gasteiger partial charge on any atom is 0.223 e. The molecule has 1 aliphatic rings. The number of hydrogen-bond donors (Lipinski definition) is 1. The lowest BCUT2D eigenvalue weighted by molar-refractivity contribution is -0.124. The van der Waals surface area contributed by atoms with Gasteiger partial charge in [-0.3, -0.25) is 4.79 Å². The van der Waals surface area contributed by atoms with E-state index in [0.29, 0.717) is 6.54 Å². The maximum atomic E-state index is 11.9. The highest BCUT2D eigenvalue weighted by molar-refractivity contribution is 5.78. The number of carbonyl (C=O) groups excluding carboxylic acids is 1. The van der Waals surface area contributed by atoms with Crippen molar-refractivity contribution in [2.75, 3.05) is 0 Å². The van der Waals surface area contributed by atoms with Crippen LogP contribution in [-0.2, 0) is 11.3 Å². The van der Waals surface area contributed by atoms with E-state index in [-0.39, 0.29) is 17.9 Å². The minimum Gasteiger partial charge on any atom is -0.491 e. The number of nitrogens with one attached hydrogen (secondary N) is 1. The molecule has 104 valence electrons. The van der Waals surface area contributed by atoms with Gasteiger partial charge in [-0.05, 0) is 44.4 Å². The van der Waals surface area contributed by atoms with Gasteiger partial charge in [0.25, 0.3) is 0 Å². The van der Waals surface area contributed by atoms with Gasteiger partial charge in [-0.15, -0.1) is 0 Å². The zero-order chi connectivity index (χ0) is 13.7. The summed E-state index contributed by atoms with van der Waals surface area (Å²) in [7, 11) is 0. The summed E-state index contributed by atoms with van der Waals surface area (Å²) in [6.07, 6.45) is 4.67. The highest BCUT2D eigenvalue weighted by atomic mass is 16.5. The van der Waals surface area contributed by atoms with Gasteiger partial charge in [0.05, 0.1) is 6.10 Å². The van der Waals surface area contributed by atoms with E-state index in [1.54, 1.807) is 0 Å². The monoisotopic (exact) mass is 261 g/mol. The van der Waals surface area contributed by atoms with Gasteiger partial charge in [0, 0.05) is 12.5 Å². The van der Waals surface area contributed by atoms with Crippen LogP contribution in [0.2, 0.25) is 0 Å². The van der Waals surface area contributed by atoms with Crippen molar-refractivity contribution in [3.63, 3.8) is 0 Å².